The van der Waals surface area contributed by atoms with Crippen LogP contribution in [0, 0.1) is 0 Å². The molecule has 0 aliphatic carbocycles. The fraction of sp³-hybridized carbons (Fsp3) is 0.0714. The summed E-state index contributed by atoms with van der Waals surface area (Å²) in [6, 6.07) is 11.9. The molecule has 0 heterocycles. The maximum Gasteiger partial charge on any atom is 0.261 e. The van der Waals surface area contributed by atoms with Gasteiger partial charge in [-0.15, -0.1) is 0 Å². The first-order valence-electron chi connectivity index (χ1n) is 6.07. The van der Waals surface area contributed by atoms with E-state index in [0.29, 0.717) is 0 Å². The van der Waals surface area contributed by atoms with Crippen molar-refractivity contribution < 1.29 is 18.3 Å². The van der Waals surface area contributed by atoms with Crippen LogP contribution in [0.1, 0.15) is 6.92 Å². The molecule has 1 amide bonds. The van der Waals surface area contributed by atoms with Gasteiger partial charge >= 0.3 is 0 Å². The van der Waals surface area contributed by atoms with Crippen molar-refractivity contribution in [3.05, 3.63) is 48.5 Å². The van der Waals surface area contributed by atoms with E-state index in [4.69, 9.17) is 0 Å². The molecular formula is C14H14N2O4S. The summed E-state index contributed by atoms with van der Waals surface area (Å²) in [4.78, 5) is 11.1. The van der Waals surface area contributed by atoms with Crippen LogP contribution < -0.4 is 10.0 Å². The van der Waals surface area contributed by atoms with E-state index >= 15 is 0 Å². The highest BCUT2D eigenvalue weighted by Gasteiger charge is 2.14. The highest BCUT2D eigenvalue weighted by molar-refractivity contribution is 7.92. The number of carbonyl (C=O) groups is 1. The van der Waals surface area contributed by atoms with E-state index in [1.165, 1.54) is 37.3 Å². The van der Waals surface area contributed by atoms with Crippen molar-refractivity contribution in [3.63, 3.8) is 0 Å². The molecule has 7 heteroatoms. The van der Waals surface area contributed by atoms with Crippen LogP contribution in [0.5, 0.6) is 5.75 Å². The molecule has 0 fully saturated rings. The van der Waals surface area contributed by atoms with Gasteiger partial charge in [-0.3, -0.25) is 9.52 Å². The number of benzene rings is 2. The van der Waals surface area contributed by atoms with Crippen molar-refractivity contribution in [1.82, 2.24) is 0 Å². The largest absolute Gasteiger partial charge is 0.506 e. The average Bonchev–Trinajstić information content (AvgIpc) is 2.43. The first kappa shape index (κ1) is 14.9. The van der Waals surface area contributed by atoms with Gasteiger partial charge in [-0.1, -0.05) is 18.2 Å². The highest BCUT2D eigenvalue weighted by atomic mass is 32.2. The third kappa shape index (κ3) is 3.73. The summed E-state index contributed by atoms with van der Waals surface area (Å²) >= 11 is 0. The zero-order chi connectivity index (χ0) is 15.5. The van der Waals surface area contributed by atoms with Gasteiger partial charge in [0.1, 0.15) is 5.75 Å². The second-order valence-corrected chi connectivity index (χ2v) is 6.01. The summed E-state index contributed by atoms with van der Waals surface area (Å²) in [7, 11) is -3.72. The number of sulfonamides is 1. The third-order valence-corrected chi connectivity index (χ3v) is 4.01. The molecular weight excluding hydrogens is 292 g/mol. The van der Waals surface area contributed by atoms with Gasteiger partial charge in [-0.25, -0.2) is 8.42 Å². The van der Waals surface area contributed by atoms with Crippen molar-refractivity contribution in [3.8, 4) is 5.75 Å². The van der Waals surface area contributed by atoms with Crippen LogP contribution in [0.4, 0.5) is 11.4 Å². The Labute approximate surface area is 122 Å². The predicted octanol–water partition coefficient (Wildman–Crippen LogP) is 2.15. The minimum absolute atomic E-state index is 0.124. The van der Waals surface area contributed by atoms with Crippen LogP contribution in [0.3, 0.4) is 0 Å². The molecule has 0 atom stereocenters. The summed E-state index contributed by atoms with van der Waals surface area (Å²) in [6.45, 7) is 1.29. The highest BCUT2D eigenvalue weighted by Crippen LogP contribution is 2.27. The van der Waals surface area contributed by atoms with Crippen molar-refractivity contribution in [1.29, 1.82) is 0 Å². The molecule has 0 unspecified atom stereocenters. The lowest BCUT2D eigenvalue weighted by molar-refractivity contribution is -0.114. The number of anilines is 2. The quantitative estimate of drug-likeness (QED) is 0.596. The monoisotopic (exact) mass is 306 g/mol. The van der Waals surface area contributed by atoms with Crippen molar-refractivity contribution in [2.45, 2.75) is 11.8 Å². The Morgan fingerprint density at radius 3 is 2.38 bits per heavy atom. The molecule has 21 heavy (non-hydrogen) atoms. The van der Waals surface area contributed by atoms with Crippen LogP contribution >= 0.6 is 0 Å². The SMILES string of the molecule is CC(=O)Nc1cc(NS(=O)(=O)c2ccccc2)ccc1O. The lowest BCUT2D eigenvalue weighted by Crippen LogP contribution is -2.13. The molecule has 2 rings (SSSR count). The Hall–Kier alpha value is -2.54. The topological polar surface area (TPSA) is 95.5 Å². The van der Waals surface area contributed by atoms with Gasteiger partial charge in [0.05, 0.1) is 16.3 Å². The molecule has 0 radical (unpaired) electrons. The number of carbonyl (C=O) groups excluding carboxylic acids is 1. The number of hydrogen-bond donors (Lipinski definition) is 3. The van der Waals surface area contributed by atoms with Gasteiger partial charge in [0.2, 0.25) is 5.91 Å². The number of rotatable bonds is 4. The van der Waals surface area contributed by atoms with Gasteiger partial charge in [0.15, 0.2) is 0 Å². The molecule has 2 aromatic carbocycles. The van der Waals surface area contributed by atoms with Crippen LogP contribution in [0.15, 0.2) is 53.4 Å². The minimum atomic E-state index is -3.72. The Morgan fingerprint density at radius 1 is 1.10 bits per heavy atom. The molecule has 3 N–H and O–H groups in total. The lowest BCUT2D eigenvalue weighted by atomic mass is 10.2. The number of nitrogens with one attached hydrogen (secondary N) is 2. The summed E-state index contributed by atoms with van der Waals surface area (Å²) in [5.41, 5.74) is 0.371. The first-order valence-corrected chi connectivity index (χ1v) is 7.55. The van der Waals surface area contributed by atoms with Crippen LogP contribution in [0.2, 0.25) is 0 Å². The molecule has 0 spiro atoms. The summed E-state index contributed by atoms with van der Waals surface area (Å²) in [6.07, 6.45) is 0. The first-order chi connectivity index (χ1) is 9.88. The zero-order valence-electron chi connectivity index (χ0n) is 11.2. The van der Waals surface area contributed by atoms with E-state index in [2.05, 4.69) is 10.0 Å². The summed E-state index contributed by atoms with van der Waals surface area (Å²) in [5.74, 6) is -0.513. The van der Waals surface area contributed by atoms with Gasteiger partial charge < -0.3 is 10.4 Å². The van der Waals surface area contributed by atoms with Gasteiger partial charge in [-0.05, 0) is 30.3 Å². The fourth-order valence-electron chi connectivity index (χ4n) is 1.70. The third-order valence-electron chi connectivity index (χ3n) is 2.61. The van der Waals surface area contributed by atoms with Crippen molar-refractivity contribution >= 4 is 27.3 Å². The molecule has 0 aliphatic rings. The number of aromatic hydroxyl groups is 1. The van der Waals surface area contributed by atoms with Crippen LogP contribution in [0.25, 0.3) is 0 Å². The summed E-state index contributed by atoms with van der Waals surface area (Å²) < 4.78 is 26.7. The maximum absolute atomic E-state index is 12.2. The van der Waals surface area contributed by atoms with E-state index in [1.54, 1.807) is 18.2 Å². The van der Waals surface area contributed by atoms with E-state index < -0.39 is 10.0 Å². The Bertz CT molecular complexity index is 758. The predicted molar refractivity (Wildman–Crippen MR) is 79.7 cm³/mol. The van der Waals surface area contributed by atoms with E-state index in [-0.39, 0.29) is 27.9 Å². The normalized spacial score (nSPS) is 10.9. The van der Waals surface area contributed by atoms with E-state index in [9.17, 15) is 18.3 Å². The number of phenols is 1. The van der Waals surface area contributed by atoms with Crippen LogP contribution in [-0.2, 0) is 14.8 Å². The molecule has 0 saturated heterocycles. The van der Waals surface area contributed by atoms with Crippen LogP contribution in [-0.4, -0.2) is 19.4 Å². The Morgan fingerprint density at radius 2 is 1.76 bits per heavy atom. The Balaban J connectivity index is 2.30. The second-order valence-electron chi connectivity index (χ2n) is 4.33. The van der Waals surface area contributed by atoms with Gasteiger partial charge in [-0.2, -0.15) is 0 Å². The number of hydrogen-bond acceptors (Lipinski definition) is 4. The molecule has 0 aliphatic heterocycles. The second kappa shape index (κ2) is 5.84. The van der Waals surface area contributed by atoms with Gasteiger partial charge in [0, 0.05) is 6.92 Å². The van der Waals surface area contributed by atoms with Gasteiger partial charge in [0.25, 0.3) is 10.0 Å². The fourth-order valence-corrected chi connectivity index (χ4v) is 2.77. The Kier molecular flexibility index (Phi) is 4.13. The molecule has 0 aromatic heterocycles. The standard InChI is InChI=1S/C14H14N2O4S/c1-10(17)15-13-9-11(7-8-14(13)18)16-21(19,20)12-5-3-2-4-6-12/h2-9,16,18H,1H3,(H,15,17). The minimum Gasteiger partial charge on any atom is -0.506 e. The van der Waals surface area contributed by atoms with E-state index in [1.807, 2.05) is 0 Å². The molecule has 0 bridgehead atoms. The molecule has 6 nitrogen and oxygen atoms in total. The average molecular weight is 306 g/mol. The summed E-state index contributed by atoms with van der Waals surface area (Å²) in [5, 5.41) is 12.0. The van der Waals surface area contributed by atoms with Crippen molar-refractivity contribution in [2.75, 3.05) is 10.0 Å². The number of amides is 1. The lowest BCUT2D eigenvalue weighted by Gasteiger charge is -2.11. The molecule has 110 valence electrons. The van der Waals surface area contributed by atoms with E-state index in [0.717, 1.165) is 0 Å². The zero-order valence-corrected chi connectivity index (χ0v) is 12.0. The maximum atomic E-state index is 12.2. The van der Waals surface area contributed by atoms with Crippen molar-refractivity contribution in [2.24, 2.45) is 0 Å². The number of phenolic OH excluding ortho intramolecular Hbond substituents is 1. The smallest absolute Gasteiger partial charge is 0.261 e. The molecule has 2 aromatic rings. The molecule has 0 saturated carbocycles.